The second-order valence-corrected chi connectivity index (χ2v) is 5.15. The number of carbonyl (C=O) groups excluding carboxylic acids is 1. The van der Waals surface area contributed by atoms with Gasteiger partial charge in [-0.25, -0.2) is 4.79 Å². The summed E-state index contributed by atoms with van der Waals surface area (Å²) in [4.78, 5) is 25.3. The van der Waals surface area contributed by atoms with Crippen molar-refractivity contribution >= 4 is 29.3 Å². The smallest absolute Gasteiger partial charge is 0.328 e. The lowest BCUT2D eigenvalue weighted by molar-refractivity contribution is -0.131. The molecule has 2 heterocycles. The molecule has 2 rings (SSSR count). The number of amides is 1. The van der Waals surface area contributed by atoms with Crippen LogP contribution in [-0.4, -0.2) is 35.0 Å². The monoisotopic (exact) mass is 265 g/mol. The molecule has 1 fully saturated rings. The molecule has 0 aromatic carbocycles. The molecule has 0 unspecified atom stereocenters. The Balaban J connectivity index is 2.15. The number of rotatable bonds is 3. The predicted octanol–water partition coefficient (Wildman–Crippen LogP) is 2.47. The highest BCUT2D eigenvalue weighted by molar-refractivity contribution is 7.12. The van der Waals surface area contributed by atoms with Crippen LogP contribution in [0.5, 0.6) is 0 Å². The number of hydrogen-bond donors (Lipinski definition) is 1. The molecule has 4 nitrogen and oxygen atoms in total. The summed E-state index contributed by atoms with van der Waals surface area (Å²) >= 11 is 1.37. The fourth-order valence-electron chi connectivity index (χ4n) is 2.03. The van der Waals surface area contributed by atoms with Gasteiger partial charge in [-0.15, -0.1) is 11.3 Å². The lowest BCUT2D eigenvalue weighted by Crippen LogP contribution is -2.35. The minimum atomic E-state index is -1.00. The Labute approximate surface area is 110 Å². The number of piperidine rings is 1. The molecule has 0 spiro atoms. The number of nitrogens with zero attached hydrogens (tertiary/aromatic N) is 1. The van der Waals surface area contributed by atoms with Gasteiger partial charge in [-0.3, -0.25) is 4.79 Å². The third-order valence-electron chi connectivity index (χ3n) is 2.94. The molecule has 1 N–H and O–H groups in total. The molecule has 1 amide bonds. The van der Waals surface area contributed by atoms with E-state index in [9.17, 15) is 9.59 Å². The molecule has 0 radical (unpaired) electrons. The molecule has 0 saturated carbocycles. The summed E-state index contributed by atoms with van der Waals surface area (Å²) in [5, 5.41) is 10.4. The Morgan fingerprint density at radius 3 is 2.67 bits per heavy atom. The van der Waals surface area contributed by atoms with E-state index in [0.717, 1.165) is 32.0 Å². The van der Waals surface area contributed by atoms with Crippen LogP contribution in [0.2, 0.25) is 0 Å². The molecule has 1 aromatic heterocycles. The first kappa shape index (κ1) is 12.8. The highest BCUT2D eigenvalue weighted by atomic mass is 32.1. The van der Waals surface area contributed by atoms with Crippen LogP contribution in [0.15, 0.2) is 17.5 Å². The van der Waals surface area contributed by atoms with Crippen LogP contribution in [0.3, 0.4) is 0 Å². The van der Waals surface area contributed by atoms with Gasteiger partial charge >= 0.3 is 5.97 Å². The van der Waals surface area contributed by atoms with Gasteiger partial charge in [0.1, 0.15) is 0 Å². The number of carboxylic acid groups (broad SMARTS) is 1. The van der Waals surface area contributed by atoms with Crippen molar-refractivity contribution in [2.24, 2.45) is 0 Å². The van der Waals surface area contributed by atoms with Crippen molar-refractivity contribution in [1.82, 2.24) is 4.90 Å². The highest BCUT2D eigenvalue weighted by Crippen LogP contribution is 2.22. The highest BCUT2D eigenvalue weighted by Gasteiger charge is 2.20. The second-order valence-electron chi connectivity index (χ2n) is 4.23. The van der Waals surface area contributed by atoms with Crippen LogP contribution in [-0.2, 0) is 4.79 Å². The molecule has 1 aliphatic heterocycles. The van der Waals surface area contributed by atoms with Gasteiger partial charge in [0.2, 0.25) is 0 Å². The number of aliphatic carboxylic acids is 1. The van der Waals surface area contributed by atoms with Gasteiger partial charge in [0.25, 0.3) is 5.91 Å². The van der Waals surface area contributed by atoms with Crippen LogP contribution in [0.4, 0.5) is 0 Å². The number of carboxylic acids is 1. The van der Waals surface area contributed by atoms with Gasteiger partial charge in [0.05, 0.1) is 4.88 Å². The van der Waals surface area contributed by atoms with Gasteiger partial charge in [-0.2, -0.15) is 0 Å². The number of hydrogen-bond acceptors (Lipinski definition) is 3. The lowest BCUT2D eigenvalue weighted by atomic mass is 10.1. The van der Waals surface area contributed by atoms with E-state index >= 15 is 0 Å². The maximum absolute atomic E-state index is 12.3. The van der Waals surface area contributed by atoms with Crippen molar-refractivity contribution in [2.75, 3.05) is 13.1 Å². The quantitative estimate of drug-likeness (QED) is 0.854. The Kier molecular flexibility index (Phi) is 4.15. The molecule has 1 saturated heterocycles. The topological polar surface area (TPSA) is 57.6 Å². The molecule has 0 atom stereocenters. The Hall–Kier alpha value is -1.62. The second kappa shape index (κ2) is 5.82. The van der Waals surface area contributed by atoms with Gasteiger partial charge in [-0.05, 0) is 42.3 Å². The van der Waals surface area contributed by atoms with E-state index in [1.54, 1.807) is 6.07 Å². The summed E-state index contributed by atoms with van der Waals surface area (Å²) in [5.74, 6) is -0.979. The molecule has 1 aliphatic rings. The molecular formula is C13H15NO3S. The summed E-state index contributed by atoms with van der Waals surface area (Å²) in [6.07, 6.45) is 5.83. The van der Waals surface area contributed by atoms with Crippen LogP contribution in [0, 0.1) is 0 Å². The fraction of sp³-hybridized carbons (Fsp3) is 0.385. The van der Waals surface area contributed by atoms with Crippen LogP contribution < -0.4 is 0 Å². The zero-order valence-corrected chi connectivity index (χ0v) is 10.8. The molecule has 5 heteroatoms. The van der Waals surface area contributed by atoms with Crippen molar-refractivity contribution in [3.63, 3.8) is 0 Å². The number of thiophene rings is 1. The van der Waals surface area contributed by atoms with E-state index in [1.807, 2.05) is 10.3 Å². The molecule has 0 bridgehead atoms. The molecule has 0 aliphatic carbocycles. The SMILES string of the molecule is O=C(O)C=Cc1ccsc1C(=O)N1CCCCC1. The van der Waals surface area contributed by atoms with E-state index in [-0.39, 0.29) is 5.91 Å². The summed E-state index contributed by atoms with van der Waals surface area (Å²) in [5.41, 5.74) is 0.693. The van der Waals surface area contributed by atoms with Crippen molar-refractivity contribution in [2.45, 2.75) is 19.3 Å². The average Bonchev–Trinajstić information content (AvgIpc) is 2.85. The number of likely N-dealkylation sites (tertiary alicyclic amines) is 1. The van der Waals surface area contributed by atoms with E-state index in [1.165, 1.54) is 23.8 Å². The zero-order valence-electron chi connectivity index (χ0n) is 9.96. The van der Waals surface area contributed by atoms with Crippen LogP contribution in [0.1, 0.15) is 34.5 Å². The van der Waals surface area contributed by atoms with Gasteiger partial charge in [0, 0.05) is 19.2 Å². The number of carbonyl (C=O) groups is 2. The largest absolute Gasteiger partial charge is 0.478 e. The van der Waals surface area contributed by atoms with Crippen molar-refractivity contribution in [1.29, 1.82) is 0 Å². The van der Waals surface area contributed by atoms with Crippen molar-refractivity contribution in [3.05, 3.63) is 28.0 Å². The zero-order chi connectivity index (χ0) is 13.0. The van der Waals surface area contributed by atoms with E-state index in [0.29, 0.717) is 10.4 Å². The average molecular weight is 265 g/mol. The standard InChI is InChI=1S/C13H15NO3S/c15-11(16)5-4-10-6-9-18-12(10)13(17)14-7-2-1-3-8-14/h4-6,9H,1-3,7-8H2,(H,15,16). The first-order chi connectivity index (χ1) is 8.68. The molecule has 18 heavy (non-hydrogen) atoms. The molecule has 96 valence electrons. The van der Waals surface area contributed by atoms with Crippen LogP contribution >= 0.6 is 11.3 Å². The maximum atomic E-state index is 12.3. The Morgan fingerprint density at radius 2 is 2.00 bits per heavy atom. The normalized spacial score (nSPS) is 16.1. The summed E-state index contributed by atoms with van der Waals surface area (Å²) in [7, 11) is 0. The van der Waals surface area contributed by atoms with E-state index in [2.05, 4.69) is 0 Å². The van der Waals surface area contributed by atoms with E-state index < -0.39 is 5.97 Å². The minimum Gasteiger partial charge on any atom is -0.478 e. The third-order valence-corrected chi connectivity index (χ3v) is 3.86. The van der Waals surface area contributed by atoms with Gasteiger partial charge in [0.15, 0.2) is 0 Å². The Bertz CT molecular complexity index is 472. The fourth-order valence-corrected chi connectivity index (χ4v) is 2.88. The third kappa shape index (κ3) is 2.98. The lowest BCUT2D eigenvalue weighted by Gasteiger charge is -2.26. The summed E-state index contributed by atoms with van der Waals surface area (Å²) in [6.45, 7) is 1.61. The van der Waals surface area contributed by atoms with Gasteiger partial charge < -0.3 is 10.0 Å². The van der Waals surface area contributed by atoms with Crippen LogP contribution in [0.25, 0.3) is 6.08 Å². The molecule has 1 aromatic rings. The maximum Gasteiger partial charge on any atom is 0.328 e. The summed E-state index contributed by atoms with van der Waals surface area (Å²) < 4.78 is 0. The molecular weight excluding hydrogens is 250 g/mol. The van der Waals surface area contributed by atoms with Gasteiger partial charge in [-0.1, -0.05) is 0 Å². The van der Waals surface area contributed by atoms with E-state index in [4.69, 9.17) is 5.11 Å². The predicted molar refractivity (Wildman–Crippen MR) is 70.7 cm³/mol. The Morgan fingerprint density at radius 1 is 1.28 bits per heavy atom. The van der Waals surface area contributed by atoms with Crippen molar-refractivity contribution in [3.8, 4) is 0 Å². The van der Waals surface area contributed by atoms with Crippen molar-refractivity contribution < 1.29 is 14.7 Å². The first-order valence-corrected chi connectivity index (χ1v) is 6.84. The summed E-state index contributed by atoms with van der Waals surface area (Å²) in [6, 6.07) is 1.78. The first-order valence-electron chi connectivity index (χ1n) is 5.96. The minimum absolute atomic E-state index is 0.0229.